The highest BCUT2D eigenvalue weighted by molar-refractivity contribution is 5.92. The number of carbonyl (C=O) groups excluding carboxylic acids is 2. The number of aromatic nitrogens is 1. The fourth-order valence-electron chi connectivity index (χ4n) is 8.61. The predicted molar refractivity (Wildman–Crippen MR) is 135 cm³/mol. The van der Waals surface area contributed by atoms with Gasteiger partial charge in [-0.05, 0) is 79.9 Å². The molecule has 0 saturated heterocycles. The molecule has 6 nitrogen and oxygen atoms in total. The molecule has 0 radical (unpaired) electrons. The third-order valence-corrected chi connectivity index (χ3v) is 10.5. The number of aliphatic hydroxyl groups excluding tert-OH is 1. The molecular weight excluding hydrogens is 454 g/mol. The number of benzene rings is 1. The molecule has 0 spiro atoms. The van der Waals surface area contributed by atoms with Crippen LogP contribution in [0.25, 0.3) is 10.9 Å². The topological polar surface area (TPSA) is 96.7 Å². The van der Waals surface area contributed by atoms with Crippen LogP contribution in [-0.4, -0.2) is 45.1 Å². The maximum Gasteiger partial charge on any atom is 0.202 e. The van der Waals surface area contributed by atoms with Crippen molar-refractivity contribution in [3.05, 3.63) is 48.2 Å². The Morgan fingerprint density at radius 1 is 1.14 bits per heavy atom. The molecule has 1 aromatic heterocycles. The van der Waals surface area contributed by atoms with E-state index in [1.165, 1.54) is 5.57 Å². The lowest BCUT2D eigenvalue weighted by molar-refractivity contribution is -0.181. The van der Waals surface area contributed by atoms with Crippen LogP contribution in [0.4, 0.5) is 0 Å². The lowest BCUT2D eigenvalue weighted by atomic mass is 9.45. The minimum Gasteiger partial charge on any atom is -0.483 e. The Morgan fingerprint density at radius 3 is 2.78 bits per heavy atom. The average Bonchev–Trinajstić information content (AvgIpc) is 3.13. The van der Waals surface area contributed by atoms with Gasteiger partial charge in [0, 0.05) is 23.4 Å². The first-order chi connectivity index (χ1) is 17.2. The first-order valence-corrected chi connectivity index (χ1v) is 13.3. The van der Waals surface area contributed by atoms with E-state index in [2.05, 4.69) is 11.9 Å². The minimum atomic E-state index is -1.54. The number of nitrogens with zero attached hydrogens (tertiary/aromatic N) is 1. The van der Waals surface area contributed by atoms with Crippen LogP contribution >= 0.6 is 0 Å². The number of aliphatic hydroxyl groups is 2. The van der Waals surface area contributed by atoms with Gasteiger partial charge in [0.2, 0.25) is 5.78 Å². The van der Waals surface area contributed by atoms with Crippen LogP contribution in [0.3, 0.4) is 0 Å². The van der Waals surface area contributed by atoms with Crippen molar-refractivity contribution in [1.29, 1.82) is 0 Å². The van der Waals surface area contributed by atoms with Crippen LogP contribution < -0.4 is 4.74 Å². The van der Waals surface area contributed by atoms with Gasteiger partial charge in [-0.15, -0.1) is 0 Å². The Morgan fingerprint density at radius 2 is 1.94 bits per heavy atom. The monoisotopic (exact) mass is 489 g/mol. The quantitative estimate of drug-likeness (QED) is 0.660. The zero-order chi connectivity index (χ0) is 25.3. The van der Waals surface area contributed by atoms with Crippen molar-refractivity contribution in [1.82, 2.24) is 4.98 Å². The third-order valence-electron chi connectivity index (χ3n) is 10.5. The van der Waals surface area contributed by atoms with Gasteiger partial charge in [-0.3, -0.25) is 14.6 Å². The Hall–Kier alpha value is -2.57. The van der Waals surface area contributed by atoms with E-state index in [0.717, 1.165) is 31.1 Å². The van der Waals surface area contributed by atoms with Gasteiger partial charge >= 0.3 is 0 Å². The van der Waals surface area contributed by atoms with E-state index in [0.29, 0.717) is 30.5 Å². The summed E-state index contributed by atoms with van der Waals surface area (Å²) in [5.74, 6) is 0.823. The summed E-state index contributed by atoms with van der Waals surface area (Å²) in [5.41, 5.74) is -0.568. The fourth-order valence-corrected chi connectivity index (χ4v) is 8.61. The molecule has 3 saturated carbocycles. The second-order valence-electron chi connectivity index (χ2n) is 12.0. The summed E-state index contributed by atoms with van der Waals surface area (Å²) in [6.07, 6.45) is 7.47. The molecule has 6 rings (SSSR count). The van der Waals surface area contributed by atoms with Gasteiger partial charge in [0.05, 0.1) is 6.10 Å². The van der Waals surface area contributed by atoms with Gasteiger partial charge in [0.15, 0.2) is 5.78 Å². The zero-order valence-corrected chi connectivity index (χ0v) is 21.1. The molecule has 0 aliphatic heterocycles. The first-order valence-electron chi connectivity index (χ1n) is 13.3. The summed E-state index contributed by atoms with van der Waals surface area (Å²) in [6.45, 7) is 3.98. The van der Waals surface area contributed by atoms with Gasteiger partial charge in [-0.2, -0.15) is 0 Å². The number of hydrogen-bond acceptors (Lipinski definition) is 6. The van der Waals surface area contributed by atoms with Crippen molar-refractivity contribution in [3.63, 3.8) is 0 Å². The molecule has 7 atom stereocenters. The van der Waals surface area contributed by atoms with E-state index < -0.39 is 17.1 Å². The summed E-state index contributed by atoms with van der Waals surface area (Å²) < 4.78 is 5.94. The molecule has 4 aliphatic carbocycles. The first kappa shape index (κ1) is 23.8. The molecular formula is C30H35NO5. The van der Waals surface area contributed by atoms with Gasteiger partial charge < -0.3 is 14.9 Å². The molecule has 3 fully saturated rings. The number of fused-ring (bicyclic) bond motifs is 6. The van der Waals surface area contributed by atoms with Crippen LogP contribution in [0, 0.1) is 28.6 Å². The molecule has 1 heterocycles. The zero-order valence-electron chi connectivity index (χ0n) is 21.1. The third kappa shape index (κ3) is 3.26. The van der Waals surface area contributed by atoms with Gasteiger partial charge in [0.25, 0.3) is 0 Å². The van der Waals surface area contributed by atoms with Crippen molar-refractivity contribution >= 4 is 22.5 Å². The van der Waals surface area contributed by atoms with Crippen molar-refractivity contribution in [2.75, 3.05) is 6.61 Å². The fraction of sp³-hybridized carbons (Fsp3) is 0.567. The second-order valence-corrected chi connectivity index (χ2v) is 12.0. The maximum atomic E-state index is 13.6. The molecule has 6 heteroatoms. The second kappa shape index (κ2) is 8.22. The molecule has 36 heavy (non-hydrogen) atoms. The Labute approximate surface area is 211 Å². The average molecular weight is 490 g/mol. The van der Waals surface area contributed by atoms with Crippen molar-refractivity contribution in [2.45, 2.75) is 70.5 Å². The number of carbonyl (C=O) groups is 2. The molecule has 2 N–H and O–H groups in total. The molecule has 190 valence electrons. The highest BCUT2D eigenvalue weighted by Crippen LogP contribution is 2.67. The van der Waals surface area contributed by atoms with Crippen molar-refractivity contribution in [3.8, 4) is 5.75 Å². The molecule has 0 bridgehead atoms. The van der Waals surface area contributed by atoms with Crippen molar-refractivity contribution < 1.29 is 24.5 Å². The number of rotatable bonds is 4. The molecule has 1 aromatic carbocycles. The molecule has 0 amide bonds. The summed E-state index contributed by atoms with van der Waals surface area (Å²) >= 11 is 0. The van der Waals surface area contributed by atoms with E-state index in [4.69, 9.17) is 4.74 Å². The van der Waals surface area contributed by atoms with E-state index >= 15 is 0 Å². The van der Waals surface area contributed by atoms with Crippen LogP contribution in [0.15, 0.2) is 48.2 Å². The smallest absolute Gasteiger partial charge is 0.202 e. The number of pyridine rings is 1. The van der Waals surface area contributed by atoms with E-state index in [9.17, 15) is 19.8 Å². The van der Waals surface area contributed by atoms with E-state index in [-0.39, 0.29) is 41.3 Å². The molecule has 2 aromatic rings. The number of allylic oxidation sites excluding steroid dienone is 1. The lowest BCUT2D eigenvalue weighted by Gasteiger charge is -2.60. The number of hydrogen-bond donors (Lipinski definition) is 2. The Balaban J connectivity index is 1.26. The van der Waals surface area contributed by atoms with Crippen LogP contribution in [0.1, 0.15) is 58.8 Å². The Kier molecular flexibility index (Phi) is 5.44. The molecule has 5 unspecified atom stereocenters. The van der Waals surface area contributed by atoms with Crippen molar-refractivity contribution in [2.24, 2.45) is 28.6 Å². The van der Waals surface area contributed by atoms with Gasteiger partial charge in [-0.1, -0.05) is 37.6 Å². The summed E-state index contributed by atoms with van der Waals surface area (Å²) in [5, 5.41) is 24.4. The maximum absolute atomic E-state index is 13.6. The predicted octanol–water partition coefficient (Wildman–Crippen LogP) is 4.42. The molecule has 4 aliphatic rings. The number of ether oxygens (including phenoxy) is 1. The Bertz CT molecular complexity index is 1270. The SMILES string of the molecule is CC12CCC(=O)C=C1CCC1C2[C@@H](O)CC2(C)C1CC[C@]2(O)C(=O)COc1cccc2cccnc12. The largest absolute Gasteiger partial charge is 0.483 e. The highest BCUT2D eigenvalue weighted by Gasteiger charge is 2.68. The number of ketones is 2. The summed E-state index contributed by atoms with van der Waals surface area (Å²) in [7, 11) is 0. The normalized spacial score (nSPS) is 39.7. The number of Topliss-reactive ketones (excluding diaryl/α,β-unsaturated/α-hetero) is 1. The van der Waals surface area contributed by atoms with Gasteiger partial charge in [-0.25, -0.2) is 0 Å². The van der Waals surface area contributed by atoms with Crippen LogP contribution in [-0.2, 0) is 9.59 Å². The van der Waals surface area contributed by atoms with Crippen LogP contribution in [0.2, 0.25) is 0 Å². The van der Waals surface area contributed by atoms with Gasteiger partial charge in [0.1, 0.15) is 23.5 Å². The lowest BCUT2D eigenvalue weighted by Crippen LogP contribution is -2.62. The summed E-state index contributed by atoms with van der Waals surface area (Å²) in [6, 6.07) is 9.41. The van der Waals surface area contributed by atoms with E-state index in [1.54, 1.807) is 12.3 Å². The van der Waals surface area contributed by atoms with E-state index in [1.807, 2.05) is 37.3 Å². The minimum absolute atomic E-state index is 0.0548. The highest BCUT2D eigenvalue weighted by atomic mass is 16.5. The standard InChI is InChI=1S/C30H35NO5/c1-28-12-10-20(32)15-19(28)8-9-21-22-11-13-30(35,29(22,2)16-23(33)26(21)28)25(34)17-36-24-7-3-5-18-6-4-14-31-27(18)24/h3-7,14-15,21-23,26,33,35H,8-13,16-17H2,1-2H3/t21?,22?,23-,26?,28?,29?,30-/m0/s1. The number of para-hydroxylation sites is 1. The van der Waals surface area contributed by atoms with Crippen LogP contribution in [0.5, 0.6) is 5.75 Å². The summed E-state index contributed by atoms with van der Waals surface area (Å²) in [4.78, 5) is 30.1.